The van der Waals surface area contributed by atoms with Crippen molar-refractivity contribution in [1.29, 1.82) is 0 Å². The highest BCUT2D eigenvalue weighted by atomic mass is 35.5. The van der Waals surface area contributed by atoms with Crippen LogP contribution in [0.1, 0.15) is 32.4 Å². The Morgan fingerprint density at radius 3 is 2.27 bits per heavy atom. The standard InChI is InChI=1S/C16H18Cl2N2O5S/c1-9(2)14-15(20(8-10(3)21)16(19-14)24-4)26(22,23)25-13-6-11(17)5-12(18)7-13/h5-7,9H,8H2,1-4H3. The maximum Gasteiger partial charge on any atom is 0.357 e. The quantitative estimate of drug-likeness (QED) is 0.634. The molecule has 0 amide bonds. The molecule has 1 heterocycles. The van der Waals surface area contributed by atoms with Crippen molar-refractivity contribution in [2.24, 2.45) is 0 Å². The molecule has 0 bridgehead atoms. The van der Waals surface area contributed by atoms with Gasteiger partial charge in [0, 0.05) is 22.2 Å². The number of carbonyl (C=O) groups excluding carboxylic acids is 1. The van der Waals surface area contributed by atoms with Crippen molar-refractivity contribution in [3.05, 3.63) is 33.9 Å². The first kappa shape index (κ1) is 20.5. The van der Waals surface area contributed by atoms with E-state index in [1.807, 2.05) is 0 Å². The molecule has 0 saturated heterocycles. The fourth-order valence-electron chi connectivity index (χ4n) is 2.34. The summed E-state index contributed by atoms with van der Waals surface area (Å²) in [5.74, 6) is -0.571. The second-order valence-electron chi connectivity index (χ2n) is 5.87. The molecule has 142 valence electrons. The Morgan fingerprint density at radius 1 is 1.23 bits per heavy atom. The number of rotatable bonds is 7. The number of hydrogen-bond acceptors (Lipinski definition) is 6. The molecule has 7 nitrogen and oxygen atoms in total. The van der Waals surface area contributed by atoms with Crippen LogP contribution < -0.4 is 8.92 Å². The molecule has 0 radical (unpaired) electrons. The maximum absolute atomic E-state index is 12.9. The van der Waals surface area contributed by atoms with Crippen molar-refractivity contribution in [1.82, 2.24) is 9.55 Å². The first-order valence-electron chi connectivity index (χ1n) is 7.59. The largest absolute Gasteiger partial charge is 0.468 e. The lowest BCUT2D eigenvalue weighted by atomic mass is 10.1. The summed E-state index contributed by atoms with van der Waals surface area (Å²) in [6.45, 7) is 4.66. The van der Waals surface area contributed by atoms with Gasteiger partial charge in [0.1, 0.15) is 11.5 Å². The SMILES string of the molecule is COc1nc(C(C)C)c(S(=O)(=O)Oc2cc(Cl)cc(Cl)c2)n1CC(C)=O. The first-order valence-corrected chi connectivity index (χ1v) is 9.76. The molecule has 0 aliphatic rings. The topological polar surface area (TPSA) is 87.5 Å². The average molecular weight is 421 g/mol. The van der Waals surface area contributed by atoms with Gasteiger partial charge in [-0.05, 0) is 18.9 Å². The van der Waals surface area contributed by atoms with Gasteiger partial charge < -0.3 is 8.92 Å². The predicted molar refractivity (Wildman–Crippen MR) is 97.8 cm³/mol. The monoisotopic (exact) mass is 420 g/mol. The molecule has 10 heteroatoms. The molecular weight excluding hydrogens is 403 g/mol. The summed E-state index contributed by atoms with van der Waals surface area (Å²) in [5.41, 5.74) is 0.233. The van der Waals surface area contributed by atoms with Gasteiger partial charge in [-0.2, -0.15) is 13.4 Å². The zero-order valence-electron chi connectivity index (χ0n) is 14.6. The number of hydrogen-bond donors (Lipinski definition) is 0. The van der Waals surface area contributed by atoms with E-state index in [2.05, 4.69) is 4.98 Å². The lowest BCUT2D eigenvalue weighted by Crippen LogP contribution is -2.20. The summed E-state index contributed by atoms with van der Waals surface area (Å²) < 4.78 is 37.4. The lowest BCUT2D eigenvalue weighted by Gasteiger charge is -2.13. The van der Waals surface area contributed by atoms with Crippen LogP contribution in [0.2, 0.25) is 10.0 Å². The summed E-state index contributed by atoms with van der Waals surface area (Å²) in [6, 6.07) is 4.10. The van der Waals surface area contributed by atoms with Gasteiger partial charge in [0.15, 0.2) is 0 Å². The van der Waals surface area contributed by atoms with Crippen molar-refractivity contribution < 1.29 is 22.1 Å². The molecule has 2 aromatic rings. The van der Waals surface area contributed by atoms with Gasteiger partial charge in [0.05, 0.1) is 19.3 Å². The Bertz CT molecular complexity index is 918. The van der Waals surface area contributed by atoms with Crippen LogP contribution in [-0.4, -0.2) is 30.9 Å². The molecule has 0 aliphatic heterocycles. The van der Waals surface area contributed by atoms with E-state index in [0.29, 0.717) is 0 Å². The minimum Gasteiger partial charge on any atom is -0.468 e. The van der Waals surface area contributed by atoms with Crippen LogP contribution in [0.5, 0.6) is 11.8 Å². The minimum atomic E-state index is -4.34. The van der Waals surface area contributed by atoms with Crippen LogP contribution in [-0.2, 0) is 21.5 Å². The van der Waals surface area contributed by atoms with Crippen LogP contribution in [0.25, 0.3) is 0 Å². The van der Waals surface area contributed by atoms with E-state index >= 15 is 0 Å². The molecule has 0 atom stereocenters. The highest BCUT2D eigenvalue weighted by Gasteiger charge is 2.32. The smallest absolute Gasteiger partial charge is 0.357 e. The third-order valence-electron chi connectivity index (χ3n) is 3.30. The fraction of sp³-hybridized carbons (Fsp3) is 0.375. The Labute approximate surface area is 162 Å². The van der Waals surface area contributed by atoms with Crippen molar-refractivity contribution in [2.75, 3.05) is 7.11 Å². The average Bonchev–Trinajstić information content (AvgIpc) is 2.84. The molecule has 0 spiro atoms. The summed E-state index contributed by atoms with van der Waals surface area (Å²) in [6.07, 6.45) is 0. The Kier molecular flexibility index (Phi) is 6.21. The van der Waals surface area contributed by atoms with Crippen LogP contribution in [0, 0.1) is 0 Å². The molecular formula is C16H18Cl2N2O5S. The van der Waals surface area contributed by atoms with Gasteiger partial charge in [-0.3, -0.25) is 9.36 Å². The van der Waals surface area contributed by atoms with Gasteiger partial charge >= 0.3 is 10.1 Å². The number of carbonyl (C=O) groups is 1. The highest BCUT2D eigenvalue weighted by molar-refractivity contribution is 7.87. The second-order valence-corrected chi connectivity index (χ2v) is 8.21. The molecule has 0 aliphatic carbocycles. The molecule has 0 unspecified atom stereocenters. The van der Waals surface area contributed by atoms with E-state index in [0.717, 1.165) is 0 Å². The number of imidazole rings is 1. The third-order valence-corrected chi connectivity index (χ3v) is 5.05. The Hall–Kier alpha value is -1.77. The summed E-state index contributed by atoms with van der Waals surface area (Å²) in [5, 5.41) is 0.207. The van der Waals surface area contributed by atoms with E-state index < -0.39 is 10.1 Å². The summed E-state index contributed by atoms with van der Waals surface area (Å²) in [7, 11) is -2.99. The number of Topliss-reactive ketones (excluding diaryl/α,β-unsaturated/α-hetero) is 1. The summed E-state index contributed by atoms with van der Waals surface area (Å²) >= 11 is 11.8. The first-order chi connectivity index (χ1) is 12.0. The molecule has 0 saturated carbocycles. The minimum absolute atomic E-state index is 0.00945. The van der Waals surface area contributed by atoms with E-state index in [4.69, 9.17) is 32.1 Å². The fourth-order valence-corrected chi connectivity index (χ4v) is 4.22. The van der Waals surface area contributed by atoms with Gasteiger partial charge in [0.2, 0.25) is 5.03 Å². The van der Waals surface area contributed by atoms with Gasteiger partial charge in [-0.15, -0.1) is 0 Å². The van der Waals surface area contributed by atoms with Crippen molar-refractivity contribution >= 4 is 39.1 Å². The van der Waals surface area contributed by atoms with Gasteiger partial charge in [-0.25, -0.2) is 0 Å². The number of halogens is 2. The molecule has 0 fully saturated rings. The Balaban J connectivity index is 2.62. The van der Waals surface area contributed by atoms with Crippen molar-refractivity contribution in [2.45, 2.75) is 38.3 Å². The van der Waals surface area contributed by atoms with Crippen LogP contribution in [0.15, 0.2) is 23.2 Å². The van der Waals surface area contributed by atoms with E-state index in [1.165, 1.54) is 36.8 Å². The lowest BCUT2D eigenvalue weighted by molar-refractivity contribution is -0.117. The van der Waals surface area contributed by atoms with Gasteiger partial charge in [0.25, 0.3) is 6.01 Å². The molecule has 0 N–H and O–H groups in total. The zero-order chi connectivity index (χ0) is 19.6. The molecule has 1 aromatic carbocycles. The van der Waals surface area contributed by atoms with Gasteiger partial charge in [-0.1, -0.05) is 37.0 Å². The van der Waals surface area contributed by atoms with Crippen LogP contribution in [0.3, 0.4) is 0 Å². The predicted octanol–water partition coefficient (Wildman–Crippen LogP) is 3.68. The van der Waals surface area contributed by atoms with Crippen LogP contribution in [0.4, 0.5) is 0 Å². The second kappa shape index (κ2) is 7.85. The number of benzene rings is 1. The van der Waals surface area contributed by atoms with E-state index in [1.54, 1.807) is 13.8 Å². The third kappa shape index (κ3) is 4.49. The number of nitrogens with zero attached hydrogens (tertiary/aromatic N) is 2. The van der Waals surface area contributed by atoms with E-state index in [-0.39, 0.29) is 50.8 Å². The molecule has 2 rings (SSSR count). The molecule has 26 heavy (non-hydrogen) atoms. The Morgan fingerprint density at radius 2 is 1.81 bits per heavy atom. The number of ketones is 1. The number of methoxy groups -OCH3 is 1. The zero-order valence-corrected chi connectivity index (χ0v) is 16.9. The molecule has 1 aromatic heterocycles. The summed E-state index contributed by atoms with van der Waals surface area (Å²) in [4.78, 5) is 15.8. The maximum atomic E-state index is 12.9. The normalized spacial score (nSPS) is 11.7. The van der Waals surface area contributed by atoms with Crippen molar-refractivity contribution in [3.8, 4) is 11.8 Å². The van der Waals surface area contributed by atoms with Crippen molar-refractivity contribution in [3.63, 3.8) is 0 Å². The van der Waals surface area contributed by atoms with E-state index in [9.17, 15) is 13.2 Å². The number of aromatic nitrogens is 2. The number of ether oxygens (including phenoxy) is 1. The highest BCUT2D eigenvalue weighted by Crippen LogP contribution is 2.32. The van der Waals surface area contributed by atoms with Crippen LogP contribution >= 0.6 is 23.2 Å².